The van der Waals surface area contributed by atoms with E-state index < -0.39 is 0 Å². The highest BCUT2D eigenvalue weighted by molar-refractivity contribution is 7.10. The van der Waals surface area contributed by atoms with Gasteiger partial charge < -0.3 is 16.0 Å². The minimum Gasteiger partial charge on any atom is -0.349 e. The zero-order chi connectivity index (χ0) is 16.9. The minimum absolute atomic E-state index is 0.0587. The highest BCUT2D eigenvalue weighted by Crippen LogP contribution is 2.24. The number of thiophene rings is 1. The third-order valence-corrected chi connectivity index (χ3v) is 5.90. The summed E-state index contributed by atoms with van der Waals surface area (Å²) in [5, 5.41) is 5.09. The number of hydrogen-bond donors (Lipinski definition) is 2. The number of nitrogens with one attached hydrogen (secondary N) is 1. The number of amides is 2. The van der Waals surface area contributed by atoms with Gasteiger partial charge in [-0.2, -0.15) is 0 Å². The summed E-state index contributed by atoms with van der Waals surface area (Å²) in [6.45, 7) is 5.90. The van der Waals surface area contributed by atoms with Crippen LogP contribution in [0.5, 0.6) is 0 Å². The van der Waals surface area contributed by atoms with Crippen molar-refractivity contribution in [2.75, 3.05) is 13.1 Å². The lowest BCUT2D eigenvalue weighted by Gasteiger charge is -2.31. The third kappa shape index (κ3) is 4.32. The molecular weight excluding hydrogens is 310 g/mol. The molecule has 0 spiro atoms. The van der Waals surface area contributed by atoms with Gasteiger partial charge in [0.25, 0.3) is 0 Å². The molecule has 1 aromatic rings. The van der Waals surface area contributed by atoms with Gasteiger partial charge in [0.15, 0.2) is 0 Å². The second kappa shape index (κ2) is 7.93. The smallest absolute Gasteiger partial charge is 0.223 e. The maximum Gasteiger partial charge on any atom is 0.223 e. The maximum absolute atomic E-state index is 12.3. The number of carbonyl (C=O) groups excluding carboxylic acids is 2. The van der Waals surface area contributed by atoms with Gasteiger partial charge in [-0.05, 0) is 36.3 Å². The minimum atomic E-state index is -0.336. The zero-order valence-electron chi connectivity index (χ0n) is 14.1. The Bertz CT molecular complexity index is 544. The molecule has 0 fully saturated rings. The van der Waals surface area contributed by atoms with E-state index in [4.69, 9.17) is 5.73 Å². The molecule has 1 aromatic heterocycles. The van der Waals surface area contributed by atoms with E-state index in [0.717, 1.165) is 25.8 Å². The summed E-state index contributed by atoms with van der Waals surface area (Å²) < 4.78 is 0. The Hall–Kier alpha value is -1.40. The Morgan fingerprint density at radius 1 is 1.35 bits per heavy atom. The number of fused-ring (bicyclic) bond motifs is 1. The zero-order valence-corrected chi connectivity index (χ0v) is 14.9. The van der Waals surface area contributed by atoms with Crippen molar-refractivity contribution in [2.45, 2.75) is 58.0 Å². The second-order valence-corrected chi connectivity index (χ2v) is 7.17. The SMILES string of the molecule is CCC(CC)(CN)NC(=O)CCC(=O)N1CCc2sccc2C1. The molecule has 0 atom stereocenters. The summed E-state index contributed by atoms with van der Waals surface area (Å²) in [4.78, 5) is 27.7. The predicted octanol–water partition coefficient (Wildman–Crippen LogP) is 2.05. The van der Waals surface area contributed by atoms with Gasteiger partial charge in [-0.15, -0.1) is 11.3 Å². The van der Waals surface area contributed by atoms with Crippen LogP contribution in [0.3, 0.4) is 0 Å². The summed E-state index contributed by atoms with van der Waals surface area (Å²) in [7, 11) is 0. The van der Waals surface area contributed by atoms with Crippen LogP contribution < -0.4 is 11.1 Å². The summed E-state index contributed by atoms with van der Waals surface area (Å²) >= 11 is 1.76. The summed E-state index contributed by atoms with van der Waals surface area (Å²) in [6, 6.07) is 2.09. The van der Waals surface area contributed by atoms with Crippen LogP contribution in [0.4, 0.5) is 0 Å². The average molecular weight is 337 g/mol. The fraction of sp³-hybridized carbons (Fsp3) is 0.647. The van der Waals surface area contributed by atoms with Crippen molar-refractivity contribution in [3.63, 3.8) is 0 Å². The van der Waals surface area contributed by atoms with E-state index in [1.807, 2.05) is 18.7 Å². The van der Waals surface area contributed by atoms with Crippen LogP contribution in [0, 0.1) is 0 Å². The molecule has 0 aromatic carbocycles. The molecule has 2 rings (SSSR count). The topological polar surface area (TPSA) is 75.4 Å². The summed E-state index contributed by atoms with van der Waals surface area (Å²) in [6.07, 6.45) is 3.01. The lowest BCUT2D eigenvalue weighted by atomic mass is 9.92. The molecule has 0 radical (unpaired) electrons. The van der Waals surface area contributed by atoms with Crippen LogP contribution in [0.2, 0.25) is 0 Å². The van der Waals surface area contributed by atoms with E-state index in [2.05, 4.69) is 16.8 Å². The Morgan fingerprint density at radius 3 is 2.74 bits per heavy atom. The van der Waals surface area contributed by atoms with Gasteiger partial charge in [0, 0.05) is 37.4 Å². The Balaban J connectivity index is 1.81. The predicted molar refractivity (Wildman–Crippen MR) is 93.2 cm³/mol. The van der Waals surface area contributed by atoms with Crippen molar-refractivity contribution in [1.82, 2.24) is 10.2 Å². The molecular formula is C17H27N3O2S. The number of carbonyl (C=O) groups is 2. The third-order valence-electron chi connectivity index (χ3n) is 4.88. The number of nitrogens with two attached hydrogens (primary N) is 1. The van der Waals surface area contributed by atoms with Crippen LogP contribution >= 0.6 is 11.3 Å². The van der Waals surface area contributed by atoms with Crippen molar-refractivity contribution in [3.05, 3.63) is 21.9 Å². The lowest BCUT2D eigenvalue weighted by Crippen LogP contribution is -2.53. The van der Waals surface area contributed by atoms with Gasteiger partial charge in [0.2, 0.25) is 11.8 Å². The molecule has 1 aliphatic heterocycles. The Kier molecular flexibility index (Phi) is 6.18. The molecule has 5 nitrogen and oxygen atoms in total. The molecule has 0 bridgehead atoms. The van der Waals surface area contributed by atoms with E-state index in [1.54, 1.807) is 11.3 Å². The second-order valence-electron chi connectivity index (χ2n) is 6.17. The van der Waals surface area contributed by atoms with E-state index in [0.29, 0.717) is 13.1 Å². The van der Waals surface area contributed by atoms with Gasteiger partial charge in [0.05, 0.1) is 5.54 Å². The molecule has 0 unspecified atom stereocenters. The van der Waals surface area contributed by atoms with Gasteiger partial charge in [-0.1, -0.05) is 13.8 Å². The van der Waals surface area contributed by atoms with Gasteiger partial charge in [0.1, 0.15) is 0 Å². The first-order valence-corrected chi connectivity index (χ1v) is 9.25. The van der Waals surface area contributed by atoms with E-state index in [1.165, 1.54) is 10.4 Å². The largest absolute Gasteiger partial charge is 0.349 e. The van der Waals surface area contributed by atoms with E-state index >= 15 is 0 Å². The highest BCUT2D eigenvalue weighted by Gasteiger charge is 2.27. The van der Waals surface area contributed by atoms with Gasteiger partial charge in [-0.25, -0.2) is 0 Å². The first-order valence-electron chi connectivity index (χ1n) is 8.37. The van der Waals surface area contributed by atoms with Crippen LogP contribution in [-0.2, 0) is 22.6 Å². The van der Waals surface area contributed by atoms with Crippen LogP contribution in [-0.4, -0.2) is 35.3 Å². The van der Waals surface area contributed by atoms with Gasteiger partial charge in [-0.3, -0.25) is 9.59 Å². The standard InChI is InChI=1S/C17H27N3O2S/c1-3-17(4-2,12-18)19-15(21)5-6-16(22)20-9-7-14-13(11-20)8-10-23-14/h8,10H,3-7,9,11-12,18H2,1-2H3,(H,19,21). The van der Waals surface area contributed by atoms with Crippen molar-refractivity contribution in [3.8, 4) is 0 Å². The first kappa shape index (κ1) is 17.9. The molecule has 23 heavy (non-hydrogen) atoms. The summed E-state index contributed by atoms with van der Waals surface area (Å²) in [5.74, 6) is -0.0240. The Morgan fingerprint density at radius 2 is 2.09 bits per heavy atom. The fourth-order valence-corrected chi connectivity index (χ4v) is 3.85. The van der Waals surface area contributed by atoms with Crippen molar-refractivity contribution in [1.29, 1.82) is 0 Å². The highest BCUT2D eigenvalue weighted by atomic mass is 32.1. The van der Waals surface area contributed by atoms with Crippen LogP contribution in [0.25, 0.3) is 0 Å². The van der Waals surface area contributed by atoms with Crippen LogP contribution in [0.1, 0.15) is 50.0 Å². The van der Waals surface area contributed by atoms with Crippen molar-refractivity contribution < 1.29 is 9.59 Å². The monoisotopic (exact) mass is 337 g/mol. The number of rotatable bonds is 7. The van der Waals surface area contributed by atoms with Crippen molar-refractivity contribution >= 4 is 23.2 Å². The molecule has 6 heteroatoms. The Labute approximate surface area is 142 Å². The van der Waals surface area contributed by atoms with E-state index in [9.17, 15) is 9.59 Å². The fourth-order valence-electron chi connectivity index (χ4n) is 2.96. The van der Waals surface area contributed by atoms with E-state index in [-0.39, 0.29) is 30.2 Å². The molecule has 0 saturated carbocycles. The average Bonchev–Trinajstić information content (AvgIpc) is 3.05. The molecule has 1 aliphatic rings. The quantitative estimate of drug-likeness (QED) is 0.799. The molecule has 2 amide bonds. The molecule has 2 heterocycles. The van der Waals surface area contributed by atoms with Crippen LogP contribution in [0.15, 0.2) is 11.4 Å². The molecule has 3 N–H and O–H groups in total. The van der Waals surface area contributed by atoms with Crippen molar-refractivity contribution in [2.24, 2.45) is 5.73 Å². The van der Waals surface area contributed by atoms with Gasteiger partial charge >= 0.3 is 0 Å². The molecule has 128 valence electrons. The number of hydrogen-bond acceptors (Lipinski definition) is 4. The maximum atomic E-state index is 12.3. The number of nitrogens with zero attached hydrogens (tertiary/aromatic N) is 1. The summed E-state index contributed by atoms with van der Waals surface area (Å²) in [5.41, 5.74) is 6.71. The molecule has 0 aliphatic carbocycles. The lowest BCUT2D eigenvalue weighted by molar-refractivity contribution is -0.134. The first-order chi connectivity index (χ1) is 11.0. The molecule has 0 saturated heterocycles. The normalized spacial score (nSPS) is 14.5.